The second-order valence-electron chi connectivity index (χ2n) is 7.68. The number of fused-ring (bicyclic) bond motifs is 1. The fourth-order valence-corrected chi connectivity index (χ4v) is 3.95. The van der Waals surface area contributed by atoms with Gasteiger partial charge in [-0.2, -0.15) is 5.10 Å². The Kier molecular flexibility index (Phi) is 5.20. The normalized spacial score (nSPS) is 15.4. The lowest BCUT2D eigenvalue weighted by atomic mass is 9.96. The lowest BCUT2D eigenvalue weighted by Gasteiger charge is -2.10. The Morgan fingerprint density at radius 1 is 1.06 bits per heavy atom. The number of pyridine rings is 1. The first kappa shape index (κ1) is 20.9. The molecule has 3 aromatic heterocycles. The van der Waals surface area contributed by atoms with E-state index < -0.39 is 23.4 Å². The molecule has 4 aromatic rings. The first-order valence-corrected chi connectivity index (χ1v) is 10.3. The van der Waals surface area contributed by atoms with Gasteiger partial charge in [-0.15, -0.1) is 0 Å². The summed E-state index contributed by atoms with van der Waals surface area (Å²) in [5.74, 6) is -3.01. The van der Waals surface area contributed by atoms with Crippen molar-refractivity contribution in [3.8, 4) is 11.6 Å². The number of hydrogen-bond acceptors (Lipinski definition) is 5. The summed E-state index contributed by atoms with van der Waals surface area (Å²) in [6.07, 6.45) is 7.50. The molecule has 33 heavy (non-hydrogen) atoms. The van der Waals surface area contributed by atoms with E-state index in [1.165, 1.54) is 6.07 Å². The van der Waals surface area contributed by atoms with Gasteiger partial charge in [0.1, 0.15) is 11.5 Å². The van der Waals surface area contributed by atoms with E-state index in [0.29, 0.717) is 36.2 Å². The van der Waals surface area contributed by atoms with Crippen LogP contribution in [0.15, 0.2) is 36.8 Å². The maximum Gasteiger partial charge on any atom is 0.238 e. The molecule has 0 N–H and O–H groups in total. The lowest BCUT2D eigenvalue weighted by Crippen LogP contribution is -2.05. The maximum absolute atomic E-state index is 14.3. The van der Waals surface area contributed by atoms with Gasteiger partial charge in [0, 0.05) is 24.2 Å². The van der Waals surface area contributed by atoms with Gasteiger partial charge >= 0.3 is 0 Å². The number of aromatic nitrogens is 6. The Labute approximate surface area is 187 Å². The molecular weight excluding hydrogens is 433 g/mol. The van der Waals surface area contributed by atoms with E-state index in [1.807, 2.05) is 29.8 Å². The second kappa shape index (κ2) is 8.19. The third kappa shape index (κ3) is 3.77. The number of hydrogen-bond donors (Lipinski definition) is 0. The summed E-state index contributed by atoms with van der Waals surface area (Å²) >= 11 is 0. The summed E-state index contributed by atoms with van der Waals surface area (Å²) < 4.78 is 50.2. The first-order valence-electron chi connectivity index (χ1n) is 10.3. The van der Waals surface area contributed by atoms with Crippen LogP contribution in [0.2, 0.25) is 0 Å². The number of halogens is 3. The quantitative estimate of drug-likeness (QED) is 0.423. The molecule has 0 spiro atoms. The number of nitrogens with zero attached hydrogens (tertiary/aromatic N) is 6. The van der Waals surface area contributed by atoms with Gasteiger partial charge in [0.15, 0.2) is 23.3 Å². The van der Waals surface area contributed by atoms with Crippen LogP contribution in [0.3, 0.4) is 0 Å². The molecule has 5 rings (SSSR count). The Bertz CT molecular complexity index is 1380. The maximum atomic E-state index is 14.3. The molecule has 1 atom stereocenters. The molecule has 0 radical (unpaired) electrons. The van der Waals surface area contributed by atoms with Crippen molar-refractivity contribution in [2.75, 3.05) is 7.11 Å². The Balaban J connectivity index is 1.40. The molecule has 0 unspecified atom stereocenters. The predicted octanol–water partition coefficient (Wildman–Crippen LogP) is 4.30. The van der Waals surface area contributed by atoms with Crippen molar-refractivity contribution in [3.63, 3.8) is 0 Å². The molecule has 10 heteroatoms. The van der Waals surface area contributed by atoms with E-state index in [2.05, 4.69) is 20.1 Å². The molecule has 0 saturated heterocycles. The number of ether oxygens (including phenoxy) is 1. The van der Waals surface area contributed by atoms with Gasteiger partial charge in [-0.25, -0.2) is 32.8 Å². The fourth-order valence-electron chi connectivity index (χ4n) is 3.95. The van der Waals surface area contributed by atoms with Crippen molar-refractivity contribution < 1.29 is 17.9 Å². The van der Waals surface area contributed by atoms with Gasteiger partial charge in [0.05, 0.1) is 24.8 Å². The highest BCUT2D eigenvalue weighted by atomic mass is 19.2. The largest absolute Gasteiger partial charge is 0.479 e. The number of benzene rings is 1. The van der Waals surface area contributed by atoms with E-state index in [-0.39, 0.29) is 5.56 Å². The van der Waals surface area contributed by atoms with Crippen molar-refractivity contribution in [3.05, 3.63) is 82.8 Å². The topological polar surface area (TPSA) is 70.7 Å². The number of methoxy groups -OCH3 is 1. The summed E-state index contributed by atoms with van der Waals surface area (Å²) in [5, 5.41) is 4.42. The second-order valence-corrected chi connectivity index (χ2v) is 7.68. The zero-order valence-corrected chi connectivity index (χ0v) is 17.8. The molecule has 0 fully saturated rings. The van der Waals surface area contributed by atoms with Crippen LogP contribution >= 0.6 is 0 Å². The van der Waals surface area contributed by atoms with Crippen LogP contribution in [0.4, 0.5) is 13.2 Å². The Morgan fingerprint density at radius 3 is 2.67 bits per heavy atom. The average molecular weight is 452 g/mol. The minimum Gasteiger partial charge on any atom is -0.479 e. The molecular formula is C23H19F3N6O. The molecule has 0 bridgehead atoms. The van der Waals surface area contributed by atoms with E-state index in [1.54, 1.807) is 30.3 Å². The number of rotatable bonds is 5. The van der Waals surface area contributed by atoms with Crippen molar-refractivity contribution >= 4 is 12.2 Å². The molecule has 4 heterocycles. The fraction of sp³-hybridized carbons (Fsp3) is 0.217. The predicted molar refractivity (Wildman–Crippen MR) is 114 cm³/mol. The van der Waals surface area contributed by atoms with Crippen LogP contribution in [-0.4, -0.2) is 36.4 Å². The third-order valence-corrected chi connectivity index (χ3v) is 5.55. The summed E-state index contributed by atoms with van der Waals surface area (Å²) in [7, 11) is 1.54. The van der Waals surface area contributed by atoms with Crippen LogP contribution < -0.4 is 4.74 Å². The lowest BCUT2D eigenvalue weighted by molar-refractivity contribution is 0.395. The highest BCUT2D eigenvalue weighted by Gasteiger charge is 2.31. The minimum atomic E-state index is -1.47. The van der Waals surface area contributed by atoms with Crippen LogP contribution in [0.25, 0.3) is 17.8 Å². The van der Waals surface area contributed by atoms with Crippen LogP contribution in [-0.2, 0) is 6.54 Å². The summed E-state index contributed by atoms with van der Waals surface area (Å²) in [5.41, 5.74) is 2.34. The summed E-state index contributed by atoms with van der Waals surface area (Å²) in [6.45, 7) is 2.40. The SMILES string of the molecule is COc1nc(/C=C/c2nc3n(n2)CC[C@@H]3c2ccc(F)c(F)c2F)ccc1-n1cnc(C)c1. The first-order chi connectivity index (χ1) is 15.9. The molecule has 168 valence electrons. The van der Waals surface area contributed by atoms with Gasteiger partial charge in [-0.05, 0) is 43.7 Å². The van der Waals surface area contributed by atoms with Gasteiger partial charge in [-0.3, -0.25) is 0 Å². The van der Waals surface area contributed by atoms with Gasteiger partial charge in [0.25, 0.3) is 0 Å². The average Bonchev–Trinajstić information content (AvgIpc) is 3.52. The Hall–Kier alpha value is -3.95. The molecule has 7 nitrogen and oxygen atoms in total. The monoisotopic (exact) mass is 452 g/mol. The smallest absolute Gasteiger partial charge is 0.238 e. The molecule has 0 aliphatic carbocycles. The number of aryl methyl sites for hydroxylation is 2. The van der Waals surface area contributed by atoms with Gasteiger partial charge in [-0.1, -0.05) is 6.07 Å². The third-order valence-electron chi connectivity index (χ3n) is 5.55. The van der Waals surface area contributed by atoms with Crippen LogP contribution in [0, 0.1) is 24.4 Å². The zero-order chi connectivity index (χ0) is 23.1. The van der Waals surface area contributed by atoms with Crippen LogP contribution in [0.1, 0.15) is 40.9 Å². The van der Waals surface area contributed by atoms with Crippen molar-refractivity contribution in [1.82, 2.24) is 29.3 Å². The van der Waals surface area contributed by atoms with Gasteiger partial charge in [0.2, 0.25) is 5.88 Å². The van der Waals surface area contributed by atoms with E-state index in [0.717, 1.165) is 17.4 Å². The molecule has 1 aliphatic heterocycles. The van der Waals surface area contributed by atoms with Crippen molar-refractivity contribution in [2.45, 2.75) is 25.8 Å². The number of imidazole rings is 1. The molecule has 1 aliphatic rings. The zero-order valence-electron chi connectivity index (χ0n) is 17.8. The molecule has 0 saturated carbocycles. The van der Waals surface area contributed by atoms with Crippen molar-refractivity contribution in [2.24, 2.45) is 0 Å². The highest BCUT2D eigenvalue weighted by molar-refractivity contribution is 5.65. The van der Waals surface area contributed by atoms with E-state index >= 15 is 0 Å². The highest BCUT2D eigenvalue weighted by Crippen LogP contribution is 2.35. The van der Waals surface area contributed by atoms with Crippen molar-refractivity contribution in [1.29, 1.82) is 0 Å². The van der Waals surface area contributed by atoms with E-state index in [9.17, 15) is 13.2 Å². The minimum absolute atomic E-state index is 0.0762. The Morgan fingerprint density at radius 2 is 1.91 bits per heavy atom. The molecule has 0 amide bonds. The van der Waals surface area contributed by atoms with Crippen LogP contribution in [0.5, 0.6) is 5.88 Å². The van der Waals surface area contributed by atoms with Gasteiger partial charge < -0.3 is 9.30 Å². The standard InChI is InChI=1S/C23H19F3N6O/c1-13-11-31(12-27-13)18-7-3-14(28-23(18)33-2)4-8-19-29-22-16(9-10-32(22)30-19)15-5-6-17(24)21(26)20(15)25/h3-8,11-12,16H,9-10H2,1-2H3/b8-4+/t16-/m1/s1. The summed E-state index contributed by atoms with van der Waals surface area (Å²) in [4.78, 5) is 13.2. The van der Waals surface area contributed by atoms with E-state index in [4.69, 9.17) is 4.74 Å². The summed E-state index contributed by atoms with van der Waals surface area (Å²) in [6, 6.07) is 5.89. The molecule has 1 aromatic carbocycles.